The standard InChI is InChI=1S/C12H29N3/c1-10(2)8-7-9-11(14-13)12(3,4)15(5)6/h10-11,14H,7-9,13H2,1-6H3. The van der Waals surface area contributed by atoms with E-state index in [1.54, 1.807) is 0 Å². The molecule has 0 aromatic rings. The van der Waals surface area contributed by atoms with Crippen LogP contribution in [0, 0.1) is 5.92 Å². The summed E-state index contributed by atoms with van der Waals surface area (Å²) < 4.78 is 0. The second-order valence-corrected chi connectivity index (χ2v) is 5.59. The average Bonchev–Trinajstić information content (AvgIpc) is 2.11. The molecule has 3 heteroatoms. The Bertz CT molecular complexity index is 164. The van der Waals surface area contributed by atoms with E-state index in [0.29, 0.717) is 6.04 Å². The third-order valence-electron chi connectivity index (χ3n) is 3.48. The normalized spacial score (nSPS) is 15.0. The Morgan fingerprint density at radius 2 is 1.73 bits per heavy atom. The maximum atomic E-state index is 5.64. The van der Waals surface area contributed by atoms with Crippen molar-refractivity contribution in [3.05, 3.63) is 0 Å². The lowest BCUT2D eigenvalue weighted by Crippen LogP contribution is -2.57. The van der Waals surface area contributed by atoms with Crippen LogP contribution in [0.15, 0.2) is 0 Å². The third-order valence-corrected chi connectivity index (χ3v) is 3.48. The average molecular weight is 215 g/mol. The summed E-state index contributed by atoms with van der Waals surface area (Å²) in [5, 5.41) is 0. The summed E-state index contributed by atoms with van der Waals surface area (Å²) in [5.41, 5.74) is 3.06. The molecule has 0 aliphatic rings. The van der Waals surface area contributed by atoms with Crippen LogP contribution in [0.4, 0.5) is 0 Å². The molecule has 0 aliphatic heterocycles. The molecular weight excluding hydrogens is 186 g/mol. The molecule has 1 atom stereocenters. The molecular formula is C12H29N3. The Balaban J connectivity index is 4.12. The van der Waals surface area contributed by atoms with E-state index in [1.165, 1.54) is 12.8 Å². The second-order valence-electron chi connectivity index (χ2n) is 5.59. The predicted octanol–water partition coefficient (Wildman–Crippen LogP) is 1.98. The van der Waals surface area contributed by atoms with E-state index in [2.05, 4.69) is 52.1 Å². The van der Waals surface area contributed by atoms with Gasteiger partial charge in [0.05, 0.1) is 0 Å². The molecule has 0 rings (SSSR count). The van der Waals surface area contributed by atoms with Crippen LogP contribution in [0.1, 0.15) is 47.0 Å². The summed E-state index contributed by atoms with van der Waals surface area (Å²) in [7, 11) is 4.21. The van der Waals surface area contributed by atoms with E-state index in [9.17, 15) is 0 Å². The number of hydrogen-bond donors (Lipinski definition) is 2. The Labute approximate surface area is 95.4 Å². The highest BCUT2D eigenvalue weighted by Crippen LogP contribution is 2.20. The molecule has 3 nitrogen and oxygen atoms in total. The van der Waals surface area contributed by atoms with Crippen LogP contribution in [0.5, 0.6) is 0 Å². The van der Waals surface area contributed by atoms with E-state index in [4.69, 9.17) is 5.84 Å². The molecule has 0 bridgehead atoms. The number of nitrogens with two attached hydrogens (primary N) is 1. The summed E-state index contributed by atoms with van der Waals surface area (Å²) in [6, 6.07) is 0.353. The van der Waals surface area contributed by atoms with Gasteiger partial charge >= 0.3 is 0 Å². The van der Waals surface area contributed by atoms with Crippen molar-refractivity contribution in [1.29, 1.82) is 0 Å². The molecule has 0 saturated heterocycles. The van der Waals surface area contributed by atoms with Gasteiger partial charge < -0.3 is 4.90 Å². The van der Waals surface area contributed by atoms with Crippen LogP contribution in [0.3, 0.4) is 0 Å². The van der Waals surface area contributed by atoms with Crippen molar-refractivity contribution in [2.24, 2.45) is 11.8 Å². The minimum Gasteiger partial charge on any atom is -0.303 e. The molecule has 0 saturated carbocycles. The highest BCUT2D eigenvalue weighted by atomic mass is 15.3. The number of nitrogens with one attached hydrogen (secondary N) is 1. The summed E-state index contributed by atoms with van der Waals surface area (Å²) in [4.78, 5) is 2.23. The monoisotopic (exact) mass is 215 g/mol. The minimum absolute atomic E-state index is 0.103. The second kappa shape index (κ2) is 6.46. The first-order chi connectivity index (χ1) is 6.82. The van der Waals surface area contributed by atoms with Crippen molar-refractivity contribution >= 4 is 0 Å². The van der Waals surface area contributed by atoms with Crippen molar-refractivity contribution in [2.75, 3.05) is 14.1 Å². The third kappa shape index (κ3) is 4.96. The van der Waals surface area contributed by atoms with Crippen LogP contribution in [-0.2, 0) is 0 Å². The molecule has 0 aromatic carbocycles. The van der Waals surface area contributed by atoms with E-state index >= 15 is 0 Å². The van der Waals surface area contributed by atoms with Gasteiger partial charge in [-0.05, 0) is 40.3 Å². The molecule has 0 aliphatic carbocycles. The van der Waals surface area contributed by atoms with Crippen molar-refractivity contribution in [3.8, 4) is 0 Å². The zero-order valence-corrected chi connectivity index (χ0v) is 11.3. The first-order valence-corrected chi connectivity index (χ1v) is 5.96. The lowest BCUT2D eigenvalue weighted by Gasteiger charge is -2.40. The van der Waals surface area contributed by atoms with Gasteiger partial charge in [-0.1, -0.05) is 26.7 Å². The van der Waals surface area contributed by atoms with E-state index in [1.807, 2.05) is 0 Å². The molecule has 0 heterocycles. The molecule has 3 N–H and O–H groups in total. The minimum atomic E-state index is 0.103. The number of hydrogen-bond acceptors (Lipinski definition) is 3. The van der Waals surface area contributed by atoms with E-state index in [0.717, 1.165) is 12.3 Å². The van der Waals surface area contributed by atoms with Crippen molar-refractivity contribution in [3.63, 3.8) is 0 Å². The van der Waals surface area contributed by atoms with Gasteiger partial charge in [0.25, 0.3) is 0 Å². The number of hydrazine groups is 1. The molecule has 1 unspecified atom stereocenters. The van der Waals surface area contributed by atoms with Crippen LogP contribution in [-0.4, -0.2) is 30.6 Å². The highest BCUT2D eigenvalue weighted by molar-refractivity contribution is 4.89. The first kappa shape index (κ1) is 14.9. The SMILES string of the molecule is CC(C)CCCC(NN)C(C)(C)N(C)C. The van der Waals surface area contributed by atoms with Gasteiger partial charge in [-0.2, -0.15) is 0 Å². The molecule has 92 valence electrons. The molecule has 0 amide bonds. The Hall–Kier alpha value is -0.120. The lowest BCUT2D eigenvalue weighted by atomic mass is 9.89. The van der Waals surface area contributed by atoms with Crippen molar-refractivity contribution in [2.45, 2.75) is 58.5 Å². The number of rotatable bonds is 7. The first-order valence-electron chi connectivity index (χ1n) is 5.96. The summed E-state index contributed by atoms with van der Waals surface area (Å²) in [5.74, 6) is 6.42. The van der Waals surface area contributed by atoms with Crippen LogP contribution in [0.2, 0.25) is 0 Å². The largest absolute Gasteiger partial charge is 0.303 e. The van der Waals surface area contributed by atoms with Crippen molar-refractivity contribution in [1.82, 2.24) is 10.3 Å². The maximum absolute atomic E-state index is 5.64. The van der Waals surface area contributed by atoms with Crippen LogP contribution >= 0.6 is 0 Å². The fourth-order valence-corrected chi connectivity index (χ4v) is 1.68. The summed E-state index contributed by atoms with van der Waals surface area (Å²) in [6.45, 7) is 8.99. The fraction of sp³-hybridized carbons (Fsp3) is 1.00. The van der Waals surface area contributed by atoms with Gasteiger partial charge in [0.15, 0.2) is 0 Å². The van der Waals surface area contributed by atoms with Gasteiger partial charge in [-0.3, -0.25) is 11.3 Å². The number of likely N-dealkylation sites (N-methyl/N-ethyl adjacent to an activating group) is 1. The Morgan fingerprint density at radius 3 is 2.07 bits per heavy atom. The zero-order valence-electron chi connectivity index (χ0n) is 11.3. The van der Waals surface area contributed by atoms with Crippen LogP contribution in [0.25, 0.3) is 0 Å². The molecule has 0 aromatic heterocycles. The maximum Gasteiger partial charge on any atom is 0.0389 e. The quantitative estimate of drug-likeness (QED) is 0.504. The lowest BCUT2D eigenvalue weighted by molar-refractivity contribution is 0.130. The molecule has 0 radical (unpaired) electrons. The van der Waals surface area contributed by atoms with Gasteiger partial charge in [-0.15, -0.1) is 0 Å². The molecule has 0 spiro atoms. The summed E-state index contributed by atoms with van der Waals surface area (Å²) >= 11 is 0. The highest BCUT2D eigenvalue weighted by Gasteiger charge is 2.30. The topological polar surface area (TPSA) is 41.3 Å². The van der Waals surface area contributed by atoms with Crippen molar-refractivity contribution < 1.29 is 0 Å². The predicted molar refractivity (Wildman–Crippen MR) is 67.6 cm³/mol. The molecule has 15 heavy (non-hydrogen) atoms. The molecule has 0 fully saturated rings. The zero-order chi connectivity index (χ0) is 12.1. The Kier molecular flexibility index (Phi) is 6.41. The van der Waals surface area contributed by atoms with E-state index < -0.39 is 0 Å². The van der Waals surface area contributed by atoms with Crippen LogP contribution < -0.4 is 11.3 Å². The van der Waals surface area contributed by atoms with E-state index in [-0.39, 0.29) is 5.54 Å². The smallest absolute Gasteiger partial charge is 0.0389 e. The van der Waals surface area contributed by atoms with Gasteiger partial charge in [0.1, 0.15) is 0 Å². The fourth-order valence-electron chi connectivity index (χ4n) is 1.68. The Morgan fingerprint density at radius 1 is 1.20 bits per heavy atom. The van der Waals surface area contributed by atoms with Gasteiger partial charge in [-0.25, -0.2) is 0 Å². The van der Waals surface area contributed by atoms with Gasteiger partial charge in [0.2, 0.25) is 0 Å². The number of nitrogens with zero attached hydrogens (tertiary/aromatic N) is 1. The summed E-state index contributed by atoms with van der Waals surface area (Å²) in [6.07, 6.45) is 3.66. The van der Waals surface area contributed by atoms with Gasteiger partial charge in [0, 0.05) is 11.6 Å².